The summed E-state index contributed by atoms with van der Waals surface area (Å²) in [7, 11) is 0. The summed E-state index contributed by atoms with van der Waals surface area (Å²) in [5, 5.41) is 3.44. The quantitative estimate of drug-likeness (QED) is 0.882. The van der Waals surface area contributed by atoms with Gasteiger partial charge in [0.15, 0.2) is 5.58 Å². The predicted octanol–water partition coefficient (Wildman–Crippen LogP) is 3.03. The van der Waals surface area contributed by atoms with Crippen LogP contribution in [0.5, 0.6) is 0 Å². The molecule has 0 spiro atoms. The van der Waals surface area contributed by atoms with Crippen LogP contribution in [0.1, 0.15) is 38.1 Å². The van der Waals surface area contributed by atoms with Crippen LogP contribution in [0.25, 0.3) is 11.1 Å². The molecule has 1 aliphatic heterocycles. The average Bonchev–Trinajstić information content (AvgIpc) is 2.83. The highest BCUT2D eigenvalue weighted by Crippen LogP contribution is 2.32. The van der Waals surface area contributed by atoms with Gasteiger partial charge in [-0.05, 0) is 50.4 Å². The molecule has 1 aromatic carbocycles. The molecule has 18 heavy (non-hydrogen) atoms. The van der Waals surface area contributed by atoms with Gasteiger partial charge in [0.2, 0.25) is 5.89 Å². The summed E-state index contributed by atoms with van der Waals surface area (Å²) in [4.78, 5) is 4.71. The first-order valence-electron chi connectivity index (χ1n) is 6.82. The summed E-state index contributed by atoms with van der Waals surface area (Å²) >= 11 is 0. The van der Waals surface area contributed by atoms with E-state index in [2.05, 4.69) is 31.3 Å². The Hall–Kier alpha value is -1.35. The van der Waals surface area contributed by atoms with Gasteiger partial charge in [0.05, 0.1) is 5.41 Å². The Kier molecular flexibility index (Phi) is 2.86. The van der Waals surface area contributed by atoms with Gasteiger partial charge in [0, 0.05) is 6.54 Å². The van der Waals surface area contributed by atoms with Gasteiger partial charge in [-0.25, -0.2) is 4.98 Å². The zero-order valence-electron chi connectivity index (χ0n) is 11.1. The first-order valence-corrected chi connectivity index (χ1v) is 6.82. The second-order valence-corrected chi connectivity index (χ2v) is 5.52. The van der Waals surface area contributed by atoms with Crippen LogP contribution < -0.4 is 5.32 Å². The molecule has 1 aromatic heterocycles. The third kappa shape index (κ3) is 1.93. The van der Waals surface area contributed by atoms with E-state index in [4.69, 9.17) is 9.40 Å². The van der Waals surface area contributed by atoms with Crippen LogP contribution in [-0.2, 0) is 11.8 Å². The zero-order chi connectivity index (χ0) is 12.6. The van der Waals surface area contributed by atoms with Crippen molar-refractivity contribution in [3.63, 3.8) is 0 Å². The number of nitrogens with zero attached hydrogens (tertiary/aromatic N) is 1. The molecule has 0 amide bonds. The molecule has 3 rings (SSSR count). The maximum Gasteiger partial charge on any atom is 0.202 e. The van der Waals surface area contributed by atoms with Crippen molar-refractivity contribution < 1.29 is 4.42 Å². The Labute approximate surface area is 108 Å². The van der Waals surface area contributed by atoms with Gasteiger partial charge in [0.25, 0.3) is 0 Å². The van der Waals surface area contributed by atoms with Crippen LogP contribution in [0.3, 0.4) is 0 Å². The maximum atomic E-state index is 5.96. The van der Waals surface area contributed by atoms with Crippen molar-refractivity contribution in [3.05, 3.63) is 29.7 Å². The van der Waals surface area contributed by atoms with Crippen LogP contribution in [0.2, 0.25) is 0 Å². The molecule has 96 valence electrons. The molecule has 1 N–H and O–H groups in total. The summed E-state index contributed by atoms with van der Waals surface area (Å²) < 4.78 is 5.96. The Balaban J connectivity index is 2.02. The van der Waals surface area contributed by atoms with Crippen LogP contribution in [-0.4, -0.2) is 18.1 Å². The van der Waals surface area contributed by atoms with Crippen molar-refractivity contribution in [1.29, 1.82) is 0 Å². The normalized spacial score (nSPS) is 24.6. The number of hydrogen-bond acceptors (Lipinski definition) is 3. The third-order valence-corrected chi connectivity index (χ3v) is 3.97. The number of benzene rings is 1. The van der Waals surface area contributed by atoms with Crippen LogP contribution in [0.4, 0.5) is 0 Å². The van der Waals surface area contributed by atoms with Crippen molar-refractivity contribution >= 4 is 11.1 Å². The van der Waals surface area contributed by atoms with E-state index in [0.29, 0.717) is 0 Å². The number of hydrogen-bond donors (Lipinski definition) is 1. The summed E-state index contributed by atoms with van der Waals surface area (Å²) in [6.45, 7) is 6.47. The van der Waals surface area contributed by atoms with Gasteiger partial charge < -0.3 is 9.73 Å². The summed E-state index contributed by atoms with van der Waals surface area (Å²) in [5.41, 5.74) is 3.27. The number of aromatic nitrogens is 1. The van der Waals surface area contributed by atoms with E-state index in [-0.39, 0.29) is 5.41 Å². The number of rotatable bonds is 2. The first-order chi connectivity index (χ1) is 8.71. The Bertz CT molecular complexity index is 553. The fourth-order valence-corrected chi connectivity index (χ4v) is 2.69. The summed E-state index contributed by atoms with van der Waals surface area (Å²) in [6.07, 6.45) is 3.37. The molecular formula is C15H20N2O. The Morgan fingerprint density at radius 3 is 3.06 bits per heavy atom. The smallest absolute Gasteiger partial charge is 0.202 e. The molecule has 0 bridgehead atoms. The number of nitrogens with one attached hydrogen (secondary N) is 1. The first kappa shape index (κ1) is 11.7. The third-order valence-electron chi connectivity index (χ3n) is 3.97. The molecule has 1 aliphatic rings. The fourth-order valence-electron chi connectivity index (χ4n) is 2.69. The lowest BCUT2D eigenvalue weighted by atomic mass is 9.83. The van der Waals surface area contributed by atoms with Gasteiger partial charge in [-0.1, -0.05) is 13.0 Å². The highest BCUT2D eigenvalue weighted by molar-refractivity contribution is 5.73. The van der Waals surface area contributed by atoms with E-state index in [1.807, 2.05) is 6.07 Å². The molecule has 0 saturated carbocycles. The van der Waals surface area contributed by atoms with Gasteiger partial charge in [-0.2, -0.15) is 0 Å². The lowest BCUT2D eigenvalue weighted by molar-refractivity contribution is 0.279. The van der Waals surface area contributed by atoms with E-state index < -0.39 is 0 Å². The van der Waals surface area contributed by atoms with E-state index in [1.54, 1.807) is 0 Å². The van der Waals surface area contributed by atoms with Gasteiger partial charge in [-0.3, -0.25) is 0 Å². The zero-order valence-corrected chi connectivity index (χ0v) is 11.1. The predicted molar refractivity (Wildman–Crippen MR) is 72.8 cm³/mol. The Morgan fingerprint density at radius 1 is 1.44 bits per heavy atom. The van der Waals surface area contributed by atoms with Crippen molar-refractivity contribution in [2.24, 2.45) is 0 Å². The molecule has 3 heteroatoms. The van der Waals surface area contributed by atoms with E-state index in [0.717, 1.165) is 42.9 Å². The van der Waals surface area contributed by atoms with Crippen LogP contribution in [0.15, 0.2) is 22.6 Å². The average molecular weight is 244 g/mol. The minimum atomic E-state index is 0.0453. The SMILES string of the molecule is CCc1ccc2oc(C3(C)CCCNC3)nc2c1. The molecule has 1 atom stereocenters. The molecule has 1 saturated heterocycles. The van der Waals surface area contributed by atoms with E-state index in [9.17, 15) is 0 Å². The van der Waals surface area contributed by atoms with Gasteiger partial charge in [-0.15, -0.1) is 0 Å². The lowest BCUT2D eigenvalue weighted by Crippen LogP contribution is -2.41. The van der Waals surface area contributed by atoms with Gasteiger partial charge in [0.1, 0.15) is 5.52 Å². The highest BCUT2D eigenvalue weighted by atomic mass is 16.3. The van der Waals surface area contributed by atoms with Crippen molar-refractivity contribution in [2.45, 2.75) is 38.5 Å². The molecule has 1 fully saturated rings. The topological polar surface area (TPSA) is 38.1 Å². The molecule has 0 aliphatic carbocycles. The molecular weight excluding hydrogens is 224 g/mol. The minimum Gasteiger partial charge on any atom is -0.440 e. The van der Waals surface area contributed by atoms with Crippen LogP contribution >= 0.6 is 0 Å². The molecule has 3 nitrogen and oxygen atoms in total. The number of aryl methyl sites for hydroxylation is 1. The highest BCUT2D eigenvalue weighted by Gasteiger charge is 2.33. The fraction of sp³-hybridized carbons (Fsp3) is 0.533. The van der Waals surface area contributed by atoms with E-state index in [1.165, 1.54) is 12.0 Å². The lowest BCUT2D eigenvalue weighted by Gasteiger charge is -2.30. The molecule has 2 aromatic rings. The number of piperidine rings is 1. The monoisotopic (exact) mass is 244 g/mol. The summed E-state index contributed by atoms with van der Waals surface area (Å²) in [6, 6.07) is 6.31. The van der Waals surface area contributed by atoms with Crippen molar-refractivity contribution in [1.82, 2.24) is 10.3 Å². The summed E-state index contributed by atoms with van der Waals surface area (Å²) in [5.74, 6) is 0.887. The van der Waals surface area contributed by atoms with Gasteiger partial charge >= 0.3 is 0 Å². The minimum absolute atomic E-state index is 0.0453. The molecule has 1 unspecified atom stereocenters. The van der Waals surface area contributed by atoms with Crippen LogP contribution in [0, 0.1) is 0 Å². The van der Waals surface area contributed by atoms with E-state index >= 15 is 0 Å². The number of fused-ring (bicyclic) bond motifs is 1. The standard InChI is InChI=1S/C15H20N2O/c1-3-11-5-6-13-12(9-11)17-14(18-13)15(2)7-4-8-16-10-15/h5-6,9,16H,3-4,7-8,10H2,1-2H3. The second-order valence-electron chi connectivity index (χ2n) is 5.52. The molecule has 2 heterocycles. The Morgan fingerprint density at radius 2 is 2.33 bits per heavy atom. The second kappa shape index (κ2) is 4.39. The van der Waals surface area contributed by atoms with Crippen molar-refractivity contribution in [2.75, 3.05) is 13.1 Å². The maximum absolute atomic E-state index is 5.96. The molecule has 0 radical (unpaired) electrons. The number of oxazole rings is 1. The van der Waals surface area contributed by atoms with Crippen molar-refractivity contribution in [3.8, 4) is 0 Å². The largest absolute Gasteiger partial charge is 0.440 e.